The third-order valence-electron chi connectivity index (χ3n) is 4.73. The van der Waals surface area contributed by atoms with Gasteiger partial charge in [-0.3, -0.25) is 4.79 Å². The van der Waals surface area contributed by atoms with Crippen molar-refractivity contribution in [2.45, 2.75) is 40.7 Å². The van der Waals surface area contributed by atoms with Crippen molar-refractivity contribution in [1.29, 1.82) is 0 Å². The molecule has 0 aliphatic heterocycles. The average Bonchev–Trinajstić information content (AvgIpc) is 2.92. The summed E-state index contributed by atoms with van der Waals surface area (Å²) in [6, 6.07) is 10.6. The fraction of sp³-hybridized carbons (Fsp3) is 0.364. The lowest BCUT2D eigenvalue weighted by molar-refractivity contribution is -0.121. The van der Waals surface area contributed by atoms with Gasteiger partial charge in [0.05, 0.1) is 11.0 Å². The molecule has 5 heteroatoms. The highest BCUT2D eigenvalue weighted by Crippen LogP contribution is 2.22. The summed E-state index contributed by atoms with van der Waals surface area (Å²) in [5, 5.41) is 2.97. The topological polar surface area (TPSA) is 46.9 Å². The number of hydrogen-bond donors (Lipinski definition) is 1. The number of aromatic nitrogens is 2. The minimum atomic E-state index is -0.258. The van der Waals surface area contributed by atoms with Crippen LogP contribution in [0.4, 0.5) is 4.39 Å². The minimum Gasteiger partial charge on any atom is -0.354 e. The monoisotopic (exact) mass is 367 g/mol. The van der Waals surface area contributed by atoms with E-state index in [2.05, 4.69) is 45.1 Å². The lowest BCUT2D eigenvalue weighted by atomic mass is 10.1. The van der Waals surface area contributed by atoms with E-state index in [1.165, 1.54) is 23.3 Å². The Morgan fingerprint density at radius 1 is 1.15 bits per heavy atom. The van der Waals surface area contributed by atoms with Crippen LogP contribution in [-0.4, -0.2) is 22.0 Å². The summed E-state index contributed by atoms with van der Waals surface area (Å²) in [5.41, 5.74) is 5.13. The van der Waals surface area contributed by atoms with Gasteiger partial charge in [-0.15, -0.1) is 0 Å². The van der Waals surface area contributed by atoms with E-state index in [1.807, 2.05) is 4.57 Å². The Hall–Kier alpha value is -2.69. The number of fused-ring (bicyclic) bond motifs is 1. The largest absolute Gasteiger partial charge is 0.354 e. The molecule has 0 aliphatic rings. The number of aryl methyl sites for hydroxylation is 2. The number of imidazole rings is 1. The highest BCUT2D eigenvalue weighted by atomic mass is 19.1. The molecule has 0 aliphatic carbocycles. The van der Waals surface area contributed by atoms with Gasteiger partial charge in [0.15, 0.2) is 0 Å². The van der Waals surface area contributed by atoms with E-state index in [0.717, 1.165) is 22.4 Å². The zero-order valence-corrected chi connectivity index (χ0v) is 16.3. The van der Waals surface area contributed by atoms with Gasteiger partial charge >= 0.3 is 0 Å². The molecule has 3 aromatic rings. The average molecular weight is 367 g/mol. The van der Waals surface area contributed by atoms with Gasteiger partial charge in [0, 0.05) is 13.0 Å². The van der Waals surface area contributed by atoms with Crippen molar-refractivity contribution in [2.75, 3.05) is 6.54 Å². The Kier molecular flexibility index (Phi) is 5.59. The van der Waals surface area contributed by atoms with Crippen molar-refractivity contribution in [3.8, 4) is 0 Å². The molecule has 0 atom stereocenters. The van der Waals surface area contributed by atoms with Crippen molar-refractivity contribution >= 4 is 16.9 Å². The first-order valence-corrected chi connectivity index (χ1v) is 9.31. The van der Waals surface area contributed by atoms with Crippen LogP contribution in [0.25, 0.3) is 11.0 Å². The second-order valence-corrected chi connectivity index (χ2v) is 7.54. The Labute approximate surface area is 159 Å². The summed E-state index contributed by atoms with van der Waals surface area (Å²) in [6.07, 6.45) is 0.546. The van der Waals surface area contributed by atoms with Crippen LogP contribution in [-0.2, 0) is 17.8 Å². The Morgan fingerprint density at radius 3 is 2.48 bits per heavy atom. The van der Waals surface area contributed by atoms with Crippen molar-refractivity contribution in [2.24, 2.45) is 5.92 Å². The van der Waals surface area contributed by atoms with Crippen LogP contribution in [0.1, 0.15) is 36.4 Å². The van der Waals surface area contributed by atoms with E-state index in [1.54, 1.807) is 12.1 Å². The second kappa shape index (κ2) is 7.91. The summed E-state index contributed by atoms with van der Waals surface area (Å²) < 4.78 is 15.2. The summed E-state index contributed by atoms with van der Waals surface area (Å²) in [4.78, 5) is 17.2. The number of amides is 1. The molecule has 4 nitrogen and oxygen atoms in total. The lowest BCUT2D eigenvalue weighted by Gasteiger charge is -2.12. The summed E-state index contributed by atoms with van der Waals surface area (Å²) in [7, 11) is 0. The summed E-state index contributed by atoms with van der Waals surface area (Å²) in [6.45, 7) is 9.13. The molecule has 0 bridgehead atoms. The first kappa shape index (κ1) is 19.1. The number of hydrogen-bond acceptors (Lipinski definition) is 2. The van der Waals surface area contributed by atoms with Gasteiger partial charge in [-0.05, 0) is 60.7 Å². The van der Waals surface area contributed by atoms with Crippen LogP contribution >= 0.6 is 0 Å². The number of carbonyl (C=O) groups excluding carboxylic acids is 1. The van der Waals surface area contributed by atoms with E-state index >= 15 is 0 Å². The van der Waals surface area contributed by atoms with E-state index in [0.29, 0.717) is 18.9 Å². The van der Waals surface area contributed by atoms with Gasteiger partial charge in [-0.1, -0.05) is 26.0 Å². The molecule has 0 radical (unpaired) electrons. The highest BCUT2D eigenvalue weighted by molar-refractivity contribution is 5.82. The predicted octanol–water partition coefficient (Wildman–Crippen LogP) is 4.16. The SMILES string of the molecule is Cc1cc2nc(Cc3ccc(F)cc3)n(CC(=O)NCC(C)C)c2cc1C. The molecule has 1 heterocycles. The normalized spacial score (nSPS) is 11.3. The summed E-state index contributed by atoms with van der Waals surface area (Å²) >= 11 is 0. The predicted molar refractivity (Wildman–Crippen MR) is 106 cm³/mol. The number of rotatable bonds is 6. The van der Waals surface area contributed by atoms with Gasteiger partial charge in [0.25, 0.3) is 0 Å². The number of halogens is 1. The van der Waals surface area contributed by atoms with Crippen LogP contribution in [0.5, 0.6) is 0 Å². The maximum atomic E-state index is 13.2. The zero-order chi connectivity index (χ0) is 19.6. The zero-order valence-electron chi connectivity index (χ0n) is 16.3. The summed E-state index contributed by atoms with van der Waals surface area (Å²) in [5.74, 6) is 0.923. The van der Waals surface area contributed by atoms with Gasteiger partial charge in [0.2, 0.25) is 5.91 Å². The van der Waals surface area contributed by atoms with Crippen LogP contribution in [0.2, 0.25) is 0 Å². The number of benzene rings is 2. The highest BCUT2D eigenvalue weighted by Gasteiger charge is 2.15. The Morgan fingerprint density at radius 2 is 1.81 bits per heavy atom. The number of nitrogens with zero attached hydrogens (tertiary/aromatic N) is 2. The van der Waals surface area contributed by atoms with E-state index in [-0.39, 0.29) is 18.3 Å². The lowest BCUT2D eigenvalue weighted by Crippen LogP contribution is -2.31. The molecule has 3 rings (SSSR count). The maximum Gasteiger partial charge on any atom is 0.240 e. The molecule has 1 amide bonds. The van der Waals surface area contributed by atoms with Gasteiger partial charge in [-0.25, -0.2) is 9.37 Å². The number of nitrogens with one attached hydrogen (secondary N) is 1. The first-order chi connectivity index (χ1) is 12.8. The standard InChI is InChI=1S/C22H26FN3O/c1-14(2)12-24-22(27)13-26-20-10-16(4)15(3)9-19(20)25-21(26)11-17-5-7-18(23)8-6-17/h5-10,14H,11-13H2,1-4H3,(H,24,27). The molecule has 0 fully saturated rings. The van der Waals surface area contributed by atoms with Crippen molar-refractivity contribution in [1.82, 2.24) is 14.9 Å². The molecule has 27 heavy (non-hydrogen) atoms. The van der Waals surface area contributed by atoms with E-state index in [4.69, 9.17) is 4.98 Å². The van der Waals surface area contributed by atoms with Gasteiger partial charge in [0.1, 0.15) is 18.2 Å². The van der Waals surface area contributed by atoms with Crippen molar-refractivity contribution in [3.63, 3.8) is 0 Å². The van der Waals surface area contributed by atoms with Crippen LogP contribution in [0.15, 0.2) is 36.4 Å². The van der Waals surface area contributed by atoms with Crippen molar-refractivity contribution in [3.05, 3.63) is 64.7 Å². The quantitative estimate of drug-likeness (QED) is 0.711. The van der Waals surface area contributed by atoms with E-state index in [9.17, 15) is 9.18 Å². The van der Waals surface area contributed by atoms with Crippen LogP contribution in [0, 0.1) is 25.6 Å². The molecule has 0 saturated heterocycles. The van der Waals surface area contributed by atoms with Crippen molar-refractivity contribution < 1.29 is 9.18 Å². The van der Waals surface area contributed by atoms with E-state index < -0.39 is 0 Å². The molecule has 0 unspecified atom stereocenters. The number of carbonyl (C=O) groups is 1. The van der Waals surface area contributed by atoms with Crippen LogP contribution < -0.4 is 5.32 Å². The molecule has 2 aromatic carbocycles. The third kappa shape index (κ3) is 4.54. The molecule has 0 saturated carbocycles. The molecule has 1 aromatic heterocycles. The Balaban J connectivity index is 1.97. The van der Waals surface area contributed by atoms with Crippen LogP contribution in [0.3, 0.4) is 0 Å². The van der Waals surface area contributed by atoms with Gasteiger partial charge in [-0.2, -0.15) is 0 Å². The minimum absolute atomic E-state index is 0.0263. The molecular formula is C22H26FN3O. The molecule has 0 spiro atoms. The molecule has 142 valence electrons. The maximum absolute atomic E-state index is 13.2. The molecule has 1 N–H and O–H groups in total. The smallest absolute Gasteiger partial charge is 0.240 e. The second-order valence-electron chi connectivity index (χ2n) is 7.54. The van der Waals surface area contributed by atoms with Gasteiger partial charge < -0.3 is 9.88 Å². The fourth-order valence-electron chi connectivity index (χ4n) is 3.04. The molecular weight excluding hydrogens is 341 g/mol. The third-order valence-corrected chi connectivity index (χ3v) is 4.73. The fourth-order valence-corrected chi connectivity index (χ4v) is 3.04. The Bertz CT molecular complexity index is 958. The first-order valence-electron chi connectivity index (χ1n) is 9.31.